The van der Waals surface area contributed by atoms with E-state index in [1.807, 2.05) is 18.2 Å². The van der Waals surface area contributed by atoms with Crippen LogP contribution in [0.5, 0.6) is 5.75 Å². The molecule has 1 heterocycles. The number of hydrogen-bond donors (Lipinski definition) is 1. The van der Waals surface area contributed by atoms with Crippen molar-refractivity contribution in [1.29, 1.82) is 0 Å². The molecule has 3 nitrogen and oxygen atoms in total. The monoisotopic (exact) mass is 400 g/mol. The van der Waals surface area contributed by atoms with Gasteiger partial charge in [0.05, 0.1) is 11.2 Å². The Labute approximate surface area is 180 Å². The molecule has 0 fully saturated rings. The van der Waals surface area contributed by atoms with E-state index in [0.717, 1.165) is 56.7 Å². The molecular formula is C28H20N2O. The number of rotatable bonds is 2. The molecule has 3 heteroatoms. The summed E-state index contributed by atoms with van der Waals surface area (Å²) in [5.74, 6) is 0.987. The van der Waals surface area contributed by atoms with Crippen molar-refractivity contribution in [2.24, 2.45) is 0 Å². The van der Waals surface area contributed by atoms with Crippen molar-refractivity contribution in [2.45, 2.75) is 12.8 Å². The third-order valence-corrected chi connectivity index (χ3v) is 5.94. The van der Waals surface area contributed by atoms with Crippen LogP contribution in [0.1, 0.15) is 18.5 Å². The van der Waals surface area contributed by atoms with E-state index in [1.165, 1.54) is 5.39 Å². The van der Waals surface area contributed by atoms with E-state index < -0.39 is 0 Å². The molecule has 1 aliphatic carbocycles. The Morgan fingerprint density at radius 1 is 0.710 bits per heavy atom. The summed E-state index contributed by atoms with van der Waals surface area (Å²) in [4.78, 5) is 10.1. The van der Waals surface area contributed by atoms with E-state index in [9.17, 15) is 5.11 Å². The number of nitrogens with zero attached hydrogens (tertiary/aromatic N) is 2. The Balaban J connectivity index is 1.66. The van der Waals surface area contributed by atoms with Gasteiger partial charge in [-0.25, -0.2) is 9.97 Å². The highest BCUT2D eigenvalue weighted by atomic mass is 16.3. The van der Waals surface area contributed by atoms with Gasteiger partial charge in [-0.2, -0.15) is 0 Å². The lowest BCUT2D eigenvalue weighted by Gasteiger charge is -2.14. The molecule has 0 aliphatic heterocycles. The van der Waals surface area contributed by atoms with E-state index >= 15 is 0 Å². The molecule has 0 radical (unpaired) electrons. The molecule has 148 valence electrons. The van der Waals surface area contributed by atoms with E-state index in [1.54, 1.807) is 12.1 Å². The first-order valence-corrected chi connectivity index (χ1v) is 10.6. The second-order valence-corrected chi connectivity index (χ2v) is 7.96. The maximum atomic E-state index is 9.78. The Hall–Kier alpha value is -3.98. The smallest absolute Gasteiger partial charge is 0.160 e. The van der Waals surface area contributed by atoms with Gasteiger partial charge in [-0.3, -0.25) is 0 Å². The van der Waals surface area contributed by atoms with Crippen molar-refractivity contribution in [3.63, 3.8) is 0 Å². The lowest BCUT2D eigenvalue weighted by molar-refractivity contribution is 0.476. The summed E-state index contributed by atoms with van der Waals surface area (Å²) in [6.45, 7) is 0. The number of fused-ring (bicyclic) bond motifs is 4. The SMILES string of the molecule is Oc1ccc2cc(-c3nc(C4=CCCC=C4)c4ccc5ccccc5c4n3)ccc2c1. The quantitative estimate of drug-likeness (QED) is 0.323. The van der Waals surface area contributed by atoms with Gasteiger partial charge in [0.25, 0.3) is 0 Å². The molecule has 1 aromatic heterocycles. The zero-order valence-corrected chi connectivity index (χ0v) is 16.9. The fourth-order valence-electron chi connectivity index (χ4n) is 4.37. The zero-order chi connectivity index (χ0) is 20.8. The van der Waals surface area contributed by atoms with Gasteiger partial charge in [-0.15, -0.1) is 0 Å². The molecular weight excluding hydrogens is 380 g/mol. The Bertz CT molecular complexity index is 1550. The van der Waals surface area contributed by atoms with Crippen LogP contribution in [-0.2, 0) is 0 Å². The lowest BCUT2D eigenvalue weighted by Crippen LogP contribution is -1.99. The van der Waals surface area contributed by atoms with Crippen LogP contribution in [-0.4, -0.2) is 15.1 Å². The molecule has 0 saturated heterocycles. The highest BCUT2D eigenvalue weighted by Gasteiger charge is 2.15. The number of benzene rings is 4. The summed E-state index contributed by atoms with van der Waals surface area (Å²) in [7, 11) is 0. The number of phenolic OH excluding ortho intramolecular Hbond substituents is 1. The predicted octanol–water partition coefficient (Wildman–Crippen LogP) is 7.04. The van der Waals surface area contributed by atoms with Crippen molar-refractivity contribution in [2.75, 3.05) is 0 Å². The summed E-state index contributed by atoms with van der Waals surface area (Å²) < 4.78 is 0. The molecule has 5 aromatic rings. The predicted molar refractivity (Wildman–Crippen MR) is 128 cm³/mol. The summed E-state index contributed by atoms with van der Waals surface area (Å²) in [6, 6.07) is 24.2. The summed E-state index contributed by atoms with van der Waals surface area (Å²) in [5.41, 5.74) is 4.08. The molecule has 4 aromatic carbocycles. The first-order valence-electron chi connectivity index (χ1n) is 10.6. The minimum atomic E-state index is 0.270. The molecule has 1 N–H and O–H groups in total. The number of aromatic nitrogens is 2. The topological polar surface area (TPSA) is 46.0 Å². The van der Waals surface area contributed by atoms with E-state index in [-0.39, 0.29) is 5.75 Å². The van der Waals surface area contributed by atoms with Crippen LogP contribution in [0.3, 0.4) is 0 Å². The van der Waals surface area contributed by atoms with E-state index in [4.69, 9.17) is 9.97 Å². The first kappa shape index (κ1) is 17.8. The molecule has 31 heavy (non-hydrogen) atoms. The van der Waals surface area contributed by atoms with Crippen LogP contribution in [0.4, 0.5) is 0 Å². The largest absolute Gasteiger partial charge is 0.508 e. The molecule has 0 spiro atoms. The molecule has 6 rings (SSSR count). The van der Waals surface area contributed by atoms with Gasteiger partial charge in [0.1, 0.15) is 5.75 Å². The Morgan fingerprint density at radius 3 is 2.45 bits per heavy atom. The van der Waals surface area contributed by atoms with Crippen LogP contribution < -0.4 is 0 Å². The summed E-state index contributed by atoms with van der Waals surface area (Å²) in [6.07, 6.45) is 8.75. The van der Waals surface area contributed by atoms with Crippen molar-refractivity contribution in [3.8, 4) is 17.1 Å². The number of hydrogen-bond acceptors (Lipinski definition) is 3. The second-order valence-electron chi connectivity index (χ2n) is 7.96. The number of phenols is 1. The van der Waals surface area contributed by atoms with Crippen molar-refractivity contribution in [3.05, 3.63) is 96.7 Å². The van der Waals surface area contributed by atoms with Gasteiger partial charge in [0.2, 0.25) is 0 Å². The molecule has 0 bridgehead atoms. The second kappa shape index (κ2) is 7.06. The van der Waals surface area contributed by atoms with Gasteiger partial charge in [0.15, 0.2) is 5.82 Å². The fourth-order valence-corrected chi connectivity index (χ4v) is 4.37. The van der Waals surface area contributed by atoms with Crippen LogP contribution in [0.25, 0.3) is 49.4 Å². The Morgan fingerprint density at radius 2 is 1.55 bits per heavy atom. The third-order valence-electron chi connectivity index (χ3n) is 5.94. The first-order chi connectivity index (χ1) is 15.3. The minimum absolute atomic E-state index is 0.270. The maximum absolute atomic E-state index is 9.78. The van der Waals surface area contributed by atoms with Gasteiger partial charge >= 0.3 is 0 Å². The fraction of sp³-hybridized carbons (Fsp3) is 0.0714. The van der Waals surface area contributed by atoms with Crippen molar-refractivity contribution >= 4 is 38.0 Å². The summed E-state index contributed by atoms with van der Waals surface area (Å²) >= 11 is 0. The maximum Gasteiger partial charge on any atom is 0.160 e. The average Bonchev–Trinajstić information content (AvgIpc) is 2.83. The number of allylic oxidation sites excluding steroid dienone is 4. The lowest BCUT2D eigenvalue weighted by atomic mass is 9.98. The zero-order valence-electron chi connectivity index (χ0n) is 16.9. The standard InChI is InChI=1S/C28H20N2O/c31-23-14-12-20-16-22(11-10-21(20)17-23)28-29-26(19-7-2-1-3-8-19)25-15-13-18-6-4-5-9-24(18)27(25)30-28/h2,4-17,31H,1,3H2. The highest BCUT2D eigenvalue weighted by Crippen LogP contribution is 2.33. The van der Waals surface area contributed by atoms with Crippen LogP contribution in [0, 0.1) is 0 Å². The van der Waals surface area contributed by atoms with Gasteiger partial charge < -0.3 is 5.11 Å². The highest BCUT2D eigenvalue weighted by molar-refractivity contribution is 6.09. The van der Waals surface area contributed by atoms with Crippen molar-refractivity contribution < 1.29 is 5.11 Å². The third kappa shape index (κ3) is 3.06. The van der Waals surface area contributed by atoms with Gasteiger partial charge in [-0.1, -0.05) is 66.8 Å². The summed E-state index contributed by atoms with van der Waals surface area (Å²) in [5, 5.41) is 15.2. The number of aromatic hydroxyl groups is 1. The normalized spacial score (nSPS) is 13.7. The Kier molecular flexibility index (Phi) is 4.07. The van der Waals surface area contributed by atoms with Crippen LogP contribution in [0.2, 0.25) is 0 Å². The molecule has 0 atom stereocenters. The molecule has 1 aliphatic rings. The van der Waals surface area contributed by atoms with Gasteiger partial charge in [-0.05, 0) is 58.8 Å². The average molecular weight is 400 g/mol. The minimum Gasteiger partial charge on any atom is -0.508 e. The van der Waals surface area contributed by atoms with Crippen molar-refractivity contribution in [1.82, 2.24) is 9.97 Å². The molecule has 0 amide bonds. The molecule has 0 saturated carbocycles. The van der Waals surface area contributed by atoms with Gasteiger partial charge in [0, 0.05) is 16.3 Å². The molecule has 0 unspecified atom stereocenters. The van der Waals surface area contributed by atoms with E-state index in [2.05, 4.69) is 60.7 Å². The van der Waals surface area contributed by atoms with E-state index in [0.29, 0.717) is 5.82 Å². The van der Waals surface area contributed by atoms with Crippen LogP contribution >= 0.6 is 0 Å². The van der Waals surface area contributed by atoms with Crippen LogP contribution in [0.15, 0.2) is 91.0 Å².